The number of aliphatic hydroxyl groups excluding tert-OH is 1. The second-order valence-corrected chi connectivity index (χ2v) is 4.43. The van der Waals surface area contributed by atoms with Crippen LogP contribution in [-0.4, -0.2) is 17.0 Å². The van der Waals surface area contributed by atoms with E-state index in [1.54, 1.807) is 6.08 Å². The zero-order valence-corrected chi connectivity index (χ0v) is 10.6. The van der Waals surface area contributed by atoms with E-state index in [0.29, 0.717) is 12.8 Å². The molecule has 1 atom stereocenters. The molecule has 94 valence electrons. The average molecular weight is 226 g/mol. The predicted molar refractivity (Wildman–Crippen MR) is 68.4 cm³/mol. The van der Waals surface area contributed by atoms with Crippen LogP contribution in [0, 0.1) is 0 Å². The quantitative estimate of drug-likeness (QED) is 0.431. The molecule has 16 heavy (non-hydrogen) atoms. The fourth-order valence-corrected chi connectivity index (χ4v) is 1.75. The van der Waals surface area contributed by atoms with Crippen molar-refractivity contribution >= 4 is 5.78 Å². The minimum Gasteiger partial charge on any atom is -0.393 e. The van der Waals surface area contributed by atoms with Gasteiger partial charge in [-0.3, -0.25) is 4.79 Å². The van der Waals surface area contributed by atoms with Crippen molar-refractivity contribution in [1.82, 2.24) is 0 Å². The second-order valence-electron chi connectivity index (χ2n) is 4.43. The van der Waals surface area contributed by atoms with Crippen molar-refractivity contribution in [3.8, 4) is 0 Å². The average Bonchev–Trinajstić information content (AvgIpc) is 2.25. The maximum Gasteiger partial charge on any atom is 0.136 e. The summed E-state index contributed by atoms with van der Waals surface area (Å²) >= 11 is 0. The molecule has 0 aromatic rings. The van der Waals surface area contributed by atoms with Gasteiger partial charge in [-0.15, -0.1) is 6.58 Å². The molecule has 0 aliphatic carbocycles. The smallest absolute Gasteiger partial charge is 0.136 e. The molecular formula is C14H26O2. The first-order valence-corrected chi connectivity index (χ1v) is 6.51. The van der Waals surface area contributed by atoms with Gasteiger partial charge in [0.1, 0.15) is 5.78 Å². The third kappa shape index (κ3) is 9.91. The monoisotopic (exact) mass is 226 g/mol. The molecule has 0 amide bonds. The molecule has 2 heteroatoms. The molecule has 0 fully saturated rings. The van der Waals surface area contributed by atoms with Crippen LogP contribution in [0.1, 0.15) is 64.7 Å². The molecule has 0 aliphatic rings. The summed E-state index contributed by atoms with van der Waals surface area (Å²) in [6.07, 6.45) is 9.73. The van der Waals surface area contributed by atoms with Crippen LogP contribution in [0.4, 0.5) is 0 Å². The van der Waals surface area contributed by atoms with Crippen LogP contribution >= 0.6 is 0 Å². The number of unbranched alkanes of at least 4 members (excludes halogenated alkanes) is 3. The van der Waals surface area contributed by atoms with Gasteiger partial charge in [-0.1, -0.05) is 38.7 Å². The van der Waals surface area contributed by atoms with Gasteiger partial charge in [0.15, 0.2) is 0 Å². The summed E-state index contributed by atoms with van der Waals surface area (Å²) in [5, 5.41) is 9.66. The number of carbonyl (C=O) groups is 1. The summed E-state index contributed by atoms with van der Waals surface area (Å²) in [6.45, 7) is 5.71. The topological polar surface area (TPSA) is 37.3 Å². The molecule has 0 bridgehead atoms. The van der Waals surface area contributed by atoms with Crippen molar-refractivity contribution in [2.45, 2.75) is 70.8 Å². The van der Waals surface area contributed by atoms with Crippen molar-refractivity contribution in [1.29, 1.82) is 0 Å². The Balaban J connectivity index is 3.32. The van der Waals surface area contributed by atoms with E-state index in [4.69, 9.17) is 0 Å². The van der Waals surface area contributed by atoms with Gasteiger partial charge in [0.25, 0.3) is 0 Å². The van der Waals surface area contributed by atoms with Gasteiger partial charge in [-0.05, 0) is 19.3 Å². The number of ketones is 1. The van der Waals surface area contributed by atoms with E-state index in [1.165, 1.54) is 19.3 Å². The summed E-state index contributed by atoms with van der Waals surface area (Å²) in [7, 11) is 0. The second kappa shape index (κ2) is 10.9. The van der Waals surface area contributed by atoms with Gasteiger partial charge >= 0.3 is 0 Å². The van der Waals surface area contributed by atoms with Crippen LogP contribution in [0.5, 0.6) is 0 Å². The lowest BCUT2D eigenvalue weighted by Crippen LogP contribution is -2.07. The maximum absolute atomic E-state index is 11.2. The first-order valence-electron chi connectivity index (χ1n) is 6.51. The SMILES string of the molecule is C=CCC(=O)CCCC(O)CCCCCC. The highest BCUT2D eigenvalue weighted by Gasteiger charge is 2.05. The predicted octanol–water partition coefficient (Wildman–Crippen LogP) is 3.63. The summed E-state index contributed by atoms with van der Waals surface area (Å²) in [5.74, 6) is 0.230. The van der Waals surface area contributed by atoms with Crippen molar-refractivity contribution in [3.63, 3.8) is 0 Å². The van der Waals surface area contributed by atoms with Crippen LogP contribution in [0.2, 0.25) is 0 Å². The minimum absolute atomic E-state index is 0.214. The summed E-state index contributed by atoms with van der Waals surface area (Å²) in [6, 6.07) is 0. The van der Waals surface area contributed by atoms with Gasteiger partial charge in [0.2, 0.25) is 0 Å². The molecule has 2 nitrogen and oxygen atoms in total. The Morgan fingerprint density at radius 3 is 2.56 bits per heavy atom. The molecule has 0 aliphatic heterocycles. The van der Waals surface area contributed by atoms with Crippen LogP contribution in [0.15, 0.2) is 12.7 Å². The molecule has 0 rings (SSSR count). The molecule has 0 aromatic heterocycles. The summed E-state index contributed by atoms with van der Waals surface area (Å²) in [5.41, 5.74) is 0. The maximum atomic E-state index is 11.2. The summed E-state index contributed by atoms with van der Waals surface area (Å²) < 4.78 is 0. The van der Waals surface area contributed by atoms with Crippen LogP contribution in [0.3, 0.4) is 0 Å². The van der Waals surface area contributed by atoms with E-state index in [0.717, 1.165) is 25.7 Å². The highest BCUT2D eigenvalue weighted by molar-refractivity contribution is 5.79. The Bertz CT molecular complexity index is 187. The lowest BCUT2D eigenvalue weighted by atomic mass is 10.0. The van der Waals surface area contributed by atoms with Crippen LogP contribution in [0.25, 0.3) is 0 Å². The third-order valence-corrected chi connectivity index (χ3v) is 2.76. The van der Waals surface area contributed by atoms with E-state index >= 15 is 0 Å². The van der Waals surface area contributed by atoms with E-state index in [-0.39, 0.29) is 11.9 Å². The van der Waals surface area contributed by atoms with E-state index in [2.05, 4.69) is 13.5 Å². The van der Waals surface area contributed by atoms with Gasteiger partial charge in [-0.2, -0.15) is 0 Å². The number of carbonyl (C=O) groups excluding carboxylic acids is 1. The first kappa shape index (κ1) is 15.4. The van der Waals surface area contributed by atoms with Crippen molar-refractivity contribution in [2.24, 2.45) is 0 Å². The third-order valence-electron chi connectivity index (χ3n) is 2.76. The number of rotatable bonds is 11. The molecule has 0 aromatic carbocycles. The number of Topliss-reactive ketones (excluding diaryl/α,β-unsaturated/α-hetero) is 1. The number of allylic oxidation sites excluding steroid dienone is 1. The van der Waals surface area contributed by atoms with Gasteiger partial charge in [0.05, 0.1) is 6.10 Å². The zero-order valence-electron chi connectivity index (χ0n) is 10.6. The molecule has 0 saturated heterocycles. The molecule has 0 spiro atoms. The van der Waals surface area contributed by atoms with Gasteiger partial charge in [0, 0.05) is 12.8 Å². The van der Waals surface area contributed by atoms with Crippen LogP contribution in [-0.2, 0) is 4.79 Å². The Kier molecular flexibility index (Phi) is 10.4. The Labute approximate surface area is 99.7 Å². The van der Waals surface area contributed by atoms with Gasteiger partial charge in [-0.25, -0.2) is 0 Å². The minimum atomic E-state index is -0.214. The summed E-state index contributed by atoms with van der Waals surface area (Å²) in [4.78, 5) is 11.2. The lowest BCUT2D eigenvalue weighted by Gasteiger charge is -2.09. The molecule has 0 saturated carbocycles. The molecule has 0 heterocycles. The van der Waals surface area contributed by atoms with Gasteiger partial charge < -0.3 is 5.11 Å². The molecule has 0 radical (unpaired) electrons. The van der Waals surface area contributed by atoms with Crippen LogP contribution < -0.4 is 0 Å². The van der Waals surface area contributed by atoms with E-state index < -0.39 is 0 Å². The zero-order chi connectivity index (χ0) is 12.2. The lowest BCUT2D eigenvalue weighted by molar-refractivity contribution is -0.118. The molecular weight excluding hydrogens is 200 g/mol. The first-order chi connectivity index (χ1) is 7.70. The highest BCUT2D eigenvalue weighted by atomic mass is 16.3. The molecule has 1 N–H and O–H groups in total. The van der Waals surface area contributed by atoms with Crippen molar-refractivity contribution in [3.05, 3.63) is 12.7 Å². The van der Waals surface area contributed by atoms with Crippen molar-refractivity contribution < 1.29 is 9.90 Å². The Hall–Kier alpha value is -0.630. The normalized spacial score (nSPS) is 12.4. The number of aliphatic hydroxyl groups is 1. The fraction of sp³-hybridized carbons (Fsp3) is 0.786. The molecule has 1 unspecified atom stereocenters. The van der Waals surface area contributed by atoms with E-state index in [9.17, 15) is 9.90 Å². The van der Waals surface area contributed by atoms with E-state index in [1.807, 2.05) is 0 Å². The standard InChI is InChI=1S/C14H26O2/c1-3-5-6-7-10-14(16)12-8-11-13(15)9-4-2/h4,14,16H,2-3,5-12H2,1H3. The largest absolute Gasteiger partial charge is 0.393 e. The Morgan fingerprint density at radius 2 is 1.94 bits per heavy atom. The number of hydrogen-bond donors (Lipinski definition) is 1. The highest BCUT2D eigenvalue weighted by Crippen LogP contribution is 2.11. The van der Waals surface area contributed by atoms with Crippen molar-refractivity contribution in [2.75, 3.05) is 0 Å². The Morgan fingerprint density at radius 1 is 1.25 bits per heavy atom. The number of hydrogen-bond acceptors (Lipinski definition) is 2. The fourth-order valence-electron chi connectivity index (χ4n) is 1.75.